The molecule has 1 saturated heterocycles. The molecule has 180 valence electrons. The highest BCUT2D eigenvalue weighted by Gasteiger charge is 2.43. The second kappa shape index (κ2) is 9.41. The maximum Gasteiger partial charge on any atom is 0.238 e. The summed E-state index contributed by atoms with van der Waals surface area (Å²) in [5, 5.41) is 17.9. The standard InChI is InChI=1S/C26H28FN7O/c27-22-12-21(34(30)14-23(29)16-3-6-24-17(9-16)7-8-31-24)5-2-15(22)10-20(13-28)33-26(35)25-18-1-4-19(11-18)32-25/h2-3,5-9,12,14,18-20,25,31-32H,1,4,10-11,29-30H2,(H,33,35)/b23-14-/t18?,19?,20-,25?/m0/s1. The summed E-state index contributed by atoms with van der Waals surface area (Å²) in [5.74, 6) is 5.75. The molecule has 3 unspecified atom stereocenters. The van der Waals surface area contributed by atoms with Crippen LogP contribution in [0.25, 0.3) is 16.6 Å². The maximum atomic E-state index is 14.9. The van der Waals surface area contributed by atoms with E-state index >= 15 is 0 Å². The van der Waals surface area contributed by atoms with E-state index in [0.29, 0.717) is 28.9 Å². The van der Waals surface area contributed by atoms with Crippen LogP contribution in [-0.4, -0.2) is 29.0 Å². The van der Waals surface area contributed by atoms with E-state index in [4.69, 9.17) is 11.6 Å². The number of H-pyrrole nitrogens is 1. The fraction of sp³-hybridized carbons (Fsp3) is 0.308. The number of anilines is 1. The number of carbonyl (C=O) groups excluding carboxylic acids is 1. The molecule has 2 aromatic carbocycles. The van der Waals surface area contributed by atoms with Gasteiger partial charge in [-0.3, -0.25) is 9.80 Å². The summed E-state index contributed by atoms with van der Waals surface area (Å²) in [4.78, 5) is 15.8. The Hall–Kier alpha value is -3.87. The maximum absolute atomic E-state index is 14.9. The SMILES string of the molecule is N#C[C@H](Cc1ccc(N(N)/C=C(\N)c2ccc3[nH]ccc3c2)cc1F)NC(=O)C1NC2CCC1C2. The Labute approximate surface area is 202 Å². The zero-order valence-electron chi connectivity index (χ0n) is 19.2. The summed E-state index contributed by atoms with van der Waals surface area (Å²) >= 11 is 0. The van der Waals surface area contributed by atoms with Gasteiger partial charge in [0.15, 0.2) is 0 Å². The average molecular weight is 474 g/mol. The van der Waals surface area contributed by atoms with E-state index < -0.39 is 11.9 Å². The van der Waals surface area contributed by atoms with Crippen LogP contribution in [0.5, 0.6) is 0 Å². The second-order valence-electron chi connectivity index (χ2n) is 9.36. The predicted molar refractivity (Wildman–Crippen MR) is 133 cm³/mol. The molecule has 1 aromatic heterocycles. The molecule has 1 aliphatic carbocycles. The first kappa shape index (κ1) is 22.9. The van der Waals surface area contributed by atoms with Crippen LogP contribution in [0.2, 0.25) is 0 Å². The monoisotopic (exact) mass is 473 g/mol. The Bertz CT molecular complexity index is 1330. The smallest absolute Gasteiger partial charge is 0.238 e. The molecule has 2 aliphatic rings. The van der Waals surface area contributed by atoms with Crippen molar-refractivity contribution in [2.45, 2.75) is 43.8 Å². The minimum atomic E-state index is -0.823. The Balaban J connectivity index is 1.24. The van der Waals surface area contributed by atoms with Gasteiger partial charge in [-0.1, -0.05) is 12.1 Å². The molecule has 3 aromatic rings. The number of aromatic amines is 1. The van der Waals surface area contributed by atoms with E-state index in [1.54, 1.807) is 12.1 Å². The third-order valence-corrected chi connectivity index (χ3v) is 7.04. The quantitative estimate of drug-likeness (QED) is 0.264. The summed E-state index contributed by atoms with van der Waals surface area (Å²) in [6.45, 7) is 0. The minimum absolute atomic E-state index is 0.0639. The summed E-state index contributed by atoms with van der Waals surface area (Å²) in [6.07, 6.45) is 6.57. The van der Waals surface area contributed by atoms with Crippen molar-refractivity contribution in [3.63, 3.8) is 0 Å². The molecule has 1 amide bonds. The van der Waals surface area contributed by atoms with Crippen molar-refractivity contribution in [1.29, 1.82) is 5.26 Å². The summed E-state index contributed by atoms with van der Waals surface area (Å²) in [7, 11) is 0. The second-order valence-corrected chi connectivity index (χ2v) is 9.36. The highest BCUT2D eigenvalue weighted by molar-refractivity contribution is 5.84. The predicted octanol–water partition coefficient (Wildman–Crippen LogP) is 2.64. The Morgan fingerprint density at radius 3 is 2.86 bits per heavy atom. The zero-order chi connectivity index (χ0) is 24.5. The Morgan fingerprint density at radius 2 is 2.14 bits per heavy atom. The molecule has 2 fully saturated rings. The fourth-order valence-corrected chi connectivity index (χ4v) is 5.15. The van der Waals surface area contributed by atoms with E-state index in [1.165, 1.54) is 17.3 Å². The number of rotatable bonds is 7. The first-order valence-electron chi connectivity index (χ1n) is 11.7. The minimum Gasteiger partial charge on any atom is -0.397 e. The number of benzene rings is 2. The lowest BCUT2D eigenvalue weighted by Crippen LogP contribution is -2.50. The summed E-state index contributed by atoms with van der Waals surface area (Å²) in [6, 6.07) is 13.6. The van der Waals surface area contributed by atoms with Crippen LogP contribution >= 0.6 is 0 Å². The first-order valence-corrected chi connectivity index (χ1v) is 11.7. The molecule has 2 heterocycles. The van der Waals surface area contributed by atoms with Gasteiger partial charge in [0.2, 0.25) is 5.91 Å². The van der Waals surface area contributed by atoms with Crippen molar-refractivity contribution in [1.82, 2.24) is 15.6 Å². The average Bonchev–Trinajstić information content (AvgIpc) is 3.61. The van der Waals surface area contributed by atoms with Crippen LogP contribution in [0.15, 0.2) is 54.9 Å². The number of aromatic nitrogens is 1. The van der Waals surface area contributed by atoms with Crippen molar-refractivity contribution >= 4 is 28.2 Å². The molecule has 9 heteroatoms. The van der Waals surface area contributed by atoms with Crippen LogP contribution in [0, 0.1) is 23.1 Å². The van der Waals surface area contributed by atoms with Gasteiger partial charge >= 0.3 is 0 Å². The molecule has 8 nitrogen and oxygen atoms in total. The van der Waals surface area contributed by atoms with Gasteiger partial charge in [-0.25, -0.2) is 10.2 Å². The van der Waals surface area contributed by atoms with Crippen molar-refractivity contribution < 1.29 is 9.18 Å². The highest BCUT2D eigenvalue weighted by Crippen LogP contribution is 2.35. The van der Waals surface area contributed by atoms with Crippen molar-refractivity contribution in [2.24, 2.45) is 17.5 Å². The molecule has 2 bridgehead atoms. The molecule has 5 rings (SSSR count). The van der Waals surface area contributed by atoms with E-state index in [1.807, 2.05) is 30.5 Å². The summed E-state index contributed by atoms with van der Waals surface area (Å²) < 4.78 is 14.9. The van der Waals surface area contributed by atoms with E-state index in [0.717, 1.165) is 35.7 Å². The third-order valence-electron chi connectivity index (χ3n) is 7.04. The number of nitrogens with zero attached hydrogens (tertiary/aromatic N) is 2. The number of carbonyl (C=O) groups is 1. The highest BCUT2D eigenvalue weighted by atomic mass is 19.1. The van der Waals surface area contributed by atoms with Crippen LogP contribution in [-0.2, 0) is 11.2 Å². The number of nitrogens with two attached hydrogens (primary N) is 2. The number of hydrogen-bond acceptors (Lipinski definition) is 6. The summed E-state index contributed by atoms with van der Waals surface area (Å²) in [5.41, 5.74) is 9.17. The molecule has 35 heavy (non-hydrogen) atoms. The number of piperidine rings is 1. The van der Waals surface area contributed by atoms with E-state index in [2.05, 4.69) is 21.7 Å². The van der Waals surface area contributed by atoms with Crippen LogP contribution in [0.4, 0.5) is 10.1 Å². The molecule has 0 spiro atoms. The molecule has 1 saturated carbocycles. The number of nitrogens with one attached hydrogen (secondary N) is 3. The molecule has 0 radical (unpaired) electrons. The van der Waals surface area contributed by atoms with Gasteiger partial charge in [-0.15, -0.1) is 0 Å². The molecule has 1 aliphatic heterocycles. The molecular weight excluding hydrogens is 445 g/mol. The van der Waals surface area contributed by atoms with Crippen molar-refractivity contribution in [3.8, 4) is 6.07 Å². The Kier molecular flexibility index (Phi) is 6.16. The van der Waals surface area contributed by atoms with Gasteiger partial charge in [0.25, 0.3) is 0 Å². The number of hydrazine groups is 1. The van der Waals surface area contributed by atoms with E-state index in [9.17, 15) is 14.4 Å². The lowest BCUT2D eigenvalue weighted by Gasteiger charge is -2.23. The largest absolute Gasteiger partial charge is 0.397 e. The number of amides is 1. The number of hydrogen-bond donors (Lipinski definition) is 5. The van der Waals surface area contributed by atoms with Crippen LogP contribution < -0.4 is 27.2 Å². The van der Waals surface area contributed by atoms with Crippen molar-refractivity contribution in [3.05, 3.63) is 71.8 Å². The van der Waals surface area contributed by atoms with Gasteiger partial charge in [0, 0.05) is 35.8 Å². The number of halogens is 1. The van der Waals surface area contributed by atoms with Gasteiger partial charge < -0.3 is 21.4 Å². The lowest BCUT2D eigenvalue weighted by atomic mass is 9.98. The van der Waals surface area contributed by atoms with Crippen LogP contribution in [0.3, 0.4) is 0 Å². The van der Waals surface area contributed by atoms with Gasteiger partial charge in [0.1, 0.15) is 11.9 Å². The Morgan fingerprint density at radius 1 is 1.29 bits per heavy atom. The van der Waals surface area contributed by atoms with Gasteiger partial charge in [-0.2, -0.15) is 5.26 Å². The molecular formula is C26H28FN7O. The zero-order valence-corrected chi connectivity index (χ0v) is 19.2. The third kappa shape index (κ3) is 4.71. The molecule has 4 atom stereocenters. The van der Waals surface area contributed by atoms with Gasteiger partial charge in [0.05, 0.1) is 23.5 Å². The van der Waals surface area contributed by atoms with E-state index in [-0.39, 0.29) is 18.4 Å². The van der Waals surface area contributed by atoms with Crippen LogP contribution in [0.1, 0.15) is 30.4 Å². The fourth-order valence-electron chi connectivity index (χ4n) is 5.15. The van der Waals surface area contributed by atoms with Crippen molar-refractivity contribution in [2.75, 3.05) is 5.01 Å². The lowest BCUT2D eigenvalue weighted by molar-refractivity contribution is -0.124. The number of nitriles is 1. The van der Waals surface area contributed by atoms with Gasteiger partial charge in [-0.05, 0) is 66.6 Å². The topological polar surface area (TPSA) is 136 Å². The normalized spacial score (nSPS) is 22.2. The number of fused-ring (bicyclic) bond motifs is 3. The molecule has 7 N–H and O–H groups in total. The first-order chi connectivity index (χ1) is 16.9.